The van der Waals surface area contributed by atoms with Gasteiger partial charge in [0.15, 0.2) is 0 Å². The van der Waals surface area contributed by atoms with Crippen molar-refractivity contribution in [2.45, 2.75) is 52.3 Å². The highest BCUT2D eigenvalue weighted by atomic mass is 79.9. The average molecular weight is 348 g/mol. The molecule has 0 saturated heterocycles. The van der Waals surface area contributed by atoms with Crippen LogP contribution >= 0.6 is 15.9 Å². The summed E-state index contributed by atoms with van der Waals surface area (Å²) in [5.41, 5.74) is 1.45. The van der Waals surface area contributed by atoms with Crippen LogP contribution in [0, 0.1) is 0 Å². The fraction of sp³-hybridized carbons (Fsp3) is 0.786. The molecule has 0 aliphatic rings. The standard InChI is InChI=1S/C14H26BrN3O2/c1-5-11-13(15)12(18(6-2)17-11)9-16-10-14(3,19)7-8-20-4/h16,19H,5-10H2,1-4H3. The van der Waals surface area contributed by atoms with Gasteiger partial charge in [0.05, 0.1) is 21.5 Å². The van der Waals surface area contributed by atoms with Gasteiger partial charge in [-0.3, -0.25) is 4.68 Å². The Morgan fingerprint density at radius 3 is 2.70 bits per heavy atom. The molecule has 1 rings (SSSR count). The zero-order valence-corrected chi connectivity index (χ0v) is 14.5. The van der Waals surface area contributed by atoms with E-state index >= 15 is 0 Å². The van der Waals surface area contributed by atoms with Gasteiger partial charge in [-0.25, -0.2) is 0 Å². The van der Waals surface area contributed by atoms with Crippen LogP contribution in [-0.4, -0.2) is 40.7 Å². The van der Waals surface area contributed by atoms with Gasteiger partial charge in [0.1, 0.15) is 0 Å². The van der Waals surface area contributed by atoms with Gasteiger partial charge in [0, 0.05) is 39.8 Å². The Labute approximate surface area is 129 Å². The van der Waals surface area contributed by atoms with E-state index in [0.717, 1.165) is 28.8 Å². The highest BCUT2D eigenvalue weighted by Gasteiger charge is 2.20. The summed E-state index contributed by atoms with van der Waals surface area (Å²) in [6.45, 7) is 8.62. The third-order valence-electron chi connectivity index (χ3n) is 3.34. The van der Waals surface area contributed by atoms with E-state index in [1.807, 2.05) is 11.6 Å². The molecular formula is C14H26BrN3O2. The molecule has 1 unspecified atom stereocenters. The van der Waals surface area contributed by atoms with Crippen LogP contribution in [0.4, 0.5) is 0 Å². The summed E-state index contributed by atoms with van der Waals surface area (Å²) >= 11 is 3.62. The summed E-state index contributed by atoms with van der Waals surface area (Å²) in [4.78, 5) is 0. The fourth-order valence-corrected chi connectivity index (χ4v) is 2.75. The van der Waals surface area contributed by atoms with Gasteiger partial charge < -0.3 is 15.2 Å². The van der Waals surface area contributed by atoms with Crippen molar-refractivity contribution < 1.29 is 9.84 Å². The van der Waals surface area contributed by atoms with E-state index in [4.69, 9.17) is 4.74 Å². The molecule has 1 aromatic heterocycles. The minimum absolute atomic E-state index is 0.527. The Kier molecular flexibility index (Phi) is 7.15. The van der Waals surface area contributed by atoms with E-state index in [1.165, 1.54) is 0 Å². The predicted molar refractivity (Wildman–Crippen MR) is 83.8 cm³/mol. The second kappa shape index (κ2) is 8.12. The summed E-state index contributed by atoms with van der Waals surface area (Å²) in [6, 6.07) is 0. The van der Waals surface area contributed by atoms with E-state index in [9.17, 15) is 5.11 Å². The van der Waals surface area contributed by atoms with Crippen LogP contribution in [0.3, 0.4) is 0 Å². The molecule has 20 heavy (non-hydrogen) atoms. The van der Waals surface area contributed by atoms with Crippen LogP contribution in [-0.2, 0) is 24.2 Å². The van der Waals surface area contributed by atoms with Gasteiger partial charge >= 0.3 is 0 Å². The third kappa shape index (κ3) is 4.84. The number of aromatic nitrogens is 2. The van der Waals surface area contributed by atoms with Crippen molar-refractivity contribution in [2.24, 2.45) is 0 Å². The molecule has 0 radical (unpaired) electrons. The lowest BCUT2D eigenvalue weighted by Crippen LogP contribution is -2.38. The van der Waals surface area contributed by atoms with E-state index in [0.29, 0.717) is 26.1 Å². The molecule has 0 aromatic carbocycles. The first-order chi connectivity index (χ1) is 9.45. The molecule has 0 saturated carbocycles. The second-order valence-corrected chi connectivity index (χ2v) is 6.01. The zero-order valence-electron chi connectivity index (χ0n) is 12.9. The maximum absolute atomic E-state index is 10.2. The van der Waals surface area contributed by atoms with Gasteiger partial charge in [-0.1, -0.05) is 6.92 Å². The molecule has 0 bridgehead atoms. The zero-order chi connectivity index (χ0) is 15.2. The normalized spacial score (nSPS) is 14.5. The molecule has 6 heteroatoms. The molecule has 5 nitrogen and oxygen atoms in total. The number of halogens is 1. The Balaban J connectivity index is 2.59. The van der Waals surface area contributed by atoms with Crippen LogP contribution < -0.4 is 5.32 Å². The van der Waals surface area contributed by atoms with Gasteiger partial charge in [-0.2, -0.15) is 5.10 Å². The number of aryl methyl sites for hydroxylation is 2. The molecule has 0 aliphatic heterocycles. The van der Waals surface area contributed by atoms with Crippen molar-refractivity contribution in [3.8, 4) is 0 Å². The third-order valence-corrected chi connectivity index (χ3v) is 4.25. The lowest BCUT2D eigenvalue weighted by Gasteiger charge is -2.23. The number of nitrogens with one attached hydrogen (secondary N) is 1. The van der Waals surface area contributed by atoms with Gasteiger partial charge in [0.25, 0.3) is 0 Å². The topological polar surface area (TPSA) is 59.3 Å². The molecule has 1 heterocycles. The number of nitrogens with zero attached hydrogens (tertiary/aromatic N) is 2. The Hall–Kier alpha value is -0.430. The maximum atomic E-state index is 10.2. The quantitative estimate of drug-likeness (QED) is 0.718. The smallest absolute Gasteiger partial charge is 0.0767 e. The SMILES string of the molecule is CCc1nn(CC)c(CNCC(C)(O)CCOC)c1Br. The first kappa shape index (κ1) is 17.6. The van der Waals surface area contributed by atoms with Crippen LogP contribution in [0.25, 0.3) is 0 Å². The van der Waals surface area contributed by atoms with Gasteiger partial charge in [-0.15, -0.1) is 0 Å². The number of ether oxygens (including phenoxy) is 1. The minimum Gasteiger partial charge on any atom is -0.389 e. The van der Waals surface area contributed by atoms with E-state index in [-0.39, 0.29) is 0 Å². The van der Waals surface area contributed by atoms with E-state index < -0.39 is 5.60 Å². The summed E-state index contributed by atoms with van der Waals surface area (Å²) in [6.07, 6.45) is 1.52. The molecule has 116 valence electrons. The Morgan fingerprint density at radius 1 is 1.45 bits per heavy atom. The first-order valence-electron chi connectivity index (χ1n) is 7.11. The number of methoxy groups -OCH3 is 1. The van der Waals surface area contributed by atoms with Crippen LogP contribution in [0.1, 0.15) is 38.6 Å². The Bertz CT molecular complexity index is 419. The van der Waals surface area contributed by atoms with E-state index in [1.54, 1.807) is 7.11 Å². The van der Waals surface area contributed by atoms with Crippen LogP contribution in [0.15, 0.2) is 4.47 Å². The minimum atomic E-state index is -0.757. The van der Waals surface area contributed by atoms with Crippen molar-refractivity contribution in [2.75, 3.05) is 20.3 Å². The summed E-state index contributed by atoms with van der Waals surface area (Å²) < 4.78 is 8.08. The Morgan fingerprint density at radius 2 is 2.15 bits per heavy atom. The monoisotopic (exact) mass is 347 g/mol. The molecule has 0 fully saturated rings. The molecule has 0 amide bonds. The molecule has 1 atom stereocenters. The molecule has 0 aliphatic carbocycles. The largest absolute Gasteiger partial charge is 0.389 e. The highest BCUT2D eigenvalue weighted by Crippen LogP contribution is 2.22. The van der Waals surface area contributed by atoms with Crippen molar-refractivity contribution in [1.82, 2.24) is 15.1 Å². The van der Waals surface area contributed by atoms with Crippen molar-refractivity contribution in [1.29, 1.82) is 0 Å². The van der Waals surface area contributed by atoms with Gasteiger partial charge in [0.2, 0.25) is 0 Å². The molecule has 2 N–H and O–H groups in total. The number of rotatable bonds is 9. The molecule has 0 spiro atoms. The average Bonchev–Trinajstić information content (AvgIpc) is 2.73. The lowest BCUT2D eigenvalue weighted by atomic mass is 10.0. The number of hydrogen-bond acceptors (Lipinski definition) is 4. The predicted octanol–water partition coefficient (Wildman–Crippen LogP) is 2.10. The highest BCUT2D eigenvalue weighted by molar-refractivity contribution is 9.10. The van der Waals surface area contributed by atoms with Crippen molar-refractivity contribution >= 4 is 15.9 Å². The molecule has 1 aromatic rings. The summed E-state index contributed by atoms with van der Waals surface area (Å²) in [7, 11) is 1.65. The summed E-state index contributed by atoms with van der Waals surface area (Å²) in [5.74, 6) is 0. The summed E-state index contributed by atoms with van der Waals surface area (Å²) in [5, 5.41) is 18.1. The van der Waals surface area contributed by atoms with Crippen LogP contribution in [0.5, 0.6) is 0 Å². The first-order valence-corrected chi connectivity index (χ1v) is 7.90. The fourth-order valence-electron chi connectivity index (χ4n) is 2.05. The van der Waals surface area contributed by atoms with Crippen molar-refractivity contribution in [3.63, 3.8) is 0 Å². The maximum Gasteiger partial charge on any atom is 0.0767 e. The van der Waals surface area contributed by atoms with Crippen molar-refractivity contribution in [3.05, 3.63) is 15.9 Å². The number of aliphatic hydroxyl groups is 1. The van der Waals surface area contributed by atoms with E-state index in [2.05, 4.69) is 40.2 Å². The molecular weight excluding hydrogens is 322 g/mol. The van der Waals surface area contributed by atoms with Gasteiger partial charge in [-0.05, 0) is 36.2 Å². The number of hydrogen-bond donors (Lipinski definition) is 2. The van der Waals surface area contributed by atoms with Crippen LogP contribution in [0.2, 0.25) is 0 Å². The lowest BCUT2D eigenvalue weighted by molar-refractivity contribution is 0.0246. The second-order valence-electron chi connectivity index (χ2n) is 5.22.